The molecular weight excluding hydrogens is 186 g/mol. The van der Waals surface area contributed by atoms with Gasteiger partial charge in [0.15, 0.2) is 5.60 Å². The maximum atomic E-state index is 10.5. The molecule has 4 N–H and O–H groups in total. The van der Waals surface area contributed by atoms with Gasteiger partial charge in [0.1, 0.15) is 0 Å². The molecule has 5 heteroatoms. The molecule has 0 aliphatic carbocycles. The van der Waals surface area contributed by atoms with Gasteiger partial charge in [-0.25, -0.2) is 4.79 Å². The van der Waals surface area contributed by atoms with Gasteiger partial charge < -0.3 is 20.6 Å². The van der Waals surface area contributed by atoms with Crippen LogP contribution in [0.5, 0.6) is 0 Å². The van der Waals surface area contributed by atoms with Crippen molar-refractivity contribution < 1.29 is 20.1 Å². The lowest BCUT2D eigenvalue weighted by Crippen LogP contribution is -2.47. The summed E-state index contributed by atoms with van der Waals surface area (Å²) in [6.45, 7) is 3.27. The van der Waals surface area contributed by atoms with E-state index >= 15 is 0 Å². The first-order chi connectivity index (χ1) is 6.40. The van der Waals surface area contributed by atoms with Gasteiger partial charge in [0.05, 0.1) is 0 Å². The van der Waals surface area contributed by atoms with E-state index in [-0.39, 0.29) is 19.2 Å². The highest BCUT2D eigenvalue weighted by molar-refractivity contribution is 5.76. The van der Waals surface area contributed by atoms with Crippen molar-refractivity contribution in [3.63, 3.8) is 0 Å². The Morgan fingerprint density at radius 3 is 2.57 bits per heavy atom. The fourth-order valence-electron chi connectivity index (χ4n) is 0.948. The Morgan fingerprint density at radius 1 is 1.57 bits per heavy atom. The van der Waals surface area contributed by atoms with E-state index in [1.165, 1.54) is 6.92 Å². The lowest BCUT2D eigenvalue weighted by molar-refractivity contribution is -0.156. The predicted octanol–water partition coefficient (Wildman–Crippen LogP) is -0.427. The summed E-state index contributed by atoms with van der Waals surface area (Å²) in [5.41, 5.74) is -1.73. The van der Waals surface area contributed by atoms with Crippen LogP contribution in [-0.2, 0) is 4.79 Å². The van der Waals surface area contributed by atoms with E-state index in [2.05, 4.69) is 5.32 Å². The molecule has 0 saturated heterocycles. The Labute approximate surface area is 83.8 Å². The first-order valence-electron chi connectivity index (χ1n) is 4.70. The van der Waals surface area contributed by atoms with Crippen molar-refractivity contribution >= 4 is 5.97 Å². The van der Waals surface area contributed by atoms with E-state index in [1.54, 1.807) is 0 Å². The maximum absolute atomic E-state index is 10.5. The number of carbonyl (C=O) groups is 1. The molecule has 0 saturated carbocycles. The van der Waals surface area contributed by atoms with Gasteiger partial charge in [-0.3, -0.25) is 0 Å². The van der Waals surface area contributed by atoms with Crippen molar-refractivity contribution in [2.75, 3.05) is 13.2 Å². The third-order valence-electron chi connectivity index (χ3n) is 2.05. The largest absolute Gasteiger partial charge is 0.479 e. The van der Waals surface area contributed by atoms with Crippen molar-refractivity contribution in [1.29, 1.82) is 0 Å². The number of hydrogen-bond donors (Lipinski definition) is 4. The van der Waals surface area contributed by atoms with Gasteiger partial charge in [0, 0.05) is 19.2 Å². The number of carboxylic acids is 1. The highest BCUT2D eigenvalue weighted by Crippen LogP contribution is 2.03. The maximum Gasteiger partial charge on any atom is 0.336 e. The quantitative estimate of drug-likeness (QED) is 0.453. The normalized spacial score (nSPS) is 17.4. The second-order valence-corrected chi connectivity index (χ2v) is 3.73. The number of nitrogens with one attached hydrogen (secondary N) is 1. The summed E-state index contributed by atoms with van der Waals surface area (Å²) in [6, 6.07) is 0.0907. The van der Waals surface area contributed by atoms with E-state index in [4.69, 9.17) is 10.2 Å². The Morgan fingerprint density at radius 2 is 2.14 bits per heavy atom. The number of aliphatic carboxylic acids is 1. The molecule has 0 radical (unpaired) electrons. The third-order valence-corrected chi connectivity index (χ3v) is 2.05. The number of aliphatic hydroxyl groups excluding tert-OH is 1. The molecule has 0 aliphatic heterocycles. The molecule has 0 amide bonds. The van der Waals surface area contributed by atoms with Crippen LogP contribution in [0.1, 0.15) is 26.7 Å². The average molecular weight is 205 g/mol. The Hall–Kier alpha value is -0.650. The molecule has 0 rings (SSSR count). The van der Waals surface area contributed by atoms with E-state index in [1.807, 2.05) is 6.92 Å². The molecule has 0 bridgehead atoms. The minimum absolute atomic E-state index is 0.00886. The molecule has 0 aromatic carbocycles. The summed E-state index contributed by atoms with van der Waals surface area (Å²) >= 11 is 0. The van der Waals surface area contributed by atoms with Crippen LogP contribution < -0.4 is 5.32 Å². The van der Waals surface area contributed by atoms with Crippen molar-refractivity contribution in [1.82, 2.24) is 5.32 Å². The molecule has 0 aliphatic rings. The van der Waals surface area contributed by atoms with Gasteiger partial charge in [-0.2, -0.15) is 0 Å². The summed E-state index contributed by atoms with van der Waals surface area (Å²) in [7, 11) is 0. The molecule has 84 valence electrons. The Bertz CT molecular complexity index is 182. The number of hydrogen-bond acceptors (Lipinski definition) is 4. The highest BCUT2D eigenvalue weighted by Gasteiger charge is 2.29. The van der Waals surface area contributed by atoms with Crippen molar-refractivity contribution in [3.8, 4) is 0 Å². The number of aliphatic hydroxyl groups is 2. The summed E-state index contributed by atoms with van der Waals surface area (Å²) < 4.78 is 0. The van der Waals surface area contributed by atoms with Crippen LogP contribution in [0, 0.1) is 0 Å². The molecule has 0 aromatic heterocycles. The molecule has 14 heavy (non-hydrogen) atoms. The zero-order valence-corrected chi connectivity index (χ0v) is 8.66. The Kier molecular flexibility index (Phi) is 5.68. The second kappa shape index (κ2) is 5.95. The lowest BCUT2D eigenvalue weighted by atomic mass is 10.1. The standard InChI is InChI=1S/C9H19NO4/c1-7(4-3-5-11)10-6-9(2,14)8(12)13/h7,10-11,14H,3-6H2,1-2H3,(H,12,13). The van der Waals surface area contributed by atoms with E-state index in [0.717, 1.165) is 6.42 Å². The van der Waals surface area contributed by atoms with Crippen molar-refractivity contribution in [2.24, 2.45) is 0 Å². The average Bonchev–Trinajstić information content (AvgIpc) is 2.11. The minimum atomic E-state index is -1.73. The smallest absolute Gasteiger partial charge is 0.336 e. The van der Waals surface area contributed by atoms with Crippen LogP contribution >= 0.6 is 0 Å². The molecule has 0 fully saturated rings. The van der Waals surface area contributed by atoms with Crippen LogP contribution in [0.2, 0.25) is 0 Å². The summed E-state index contributed by atoms with van der Waals surface area (Å²) in [6.07, 6.45) is 1.43. The first-order valence-corrected chi connectivity index (χ1v) is 4.70. The van der Waals surface area contributed by atoms with Gasteiger partial charge in [-0.05, 0) is 26.7 Å². The number of rotatable bonds is 7. The fraction of sp³-hybridized carbons (Fsp3) is 0.889. The second-order valence-electron chi connectivity index (χ2n) is 3.73. The van der Waals surface area contributed by atoms with Gasteiger partial charge in [0.25, 0.3) is 0 Å². The van der Waals surface area contributed by atoms with Crippen LogP contribution in [0.4, 0.5) is 0 Å². The predicted molar refractivity (Wildman–Crippen MR) is 52.0 cm³/mol. The van der Waals surface area contributed by atoms with Crippen LogP contribution in [0.3, 0.4) is 0 Å². The minimum Gasteiger partial charge on any atom is -0.479 e. The van der Waals surface area contributed by atoms with Gasteiger partial charge in [-0.15, -0.1) is 0 Å². The van der Waals surface area contributed by atoms with Gasteiger partial charge in [0.2, 0.25) is 0 Å². The van der Waals surface area contributed by atoms with E-state index in [0.29, 0.717) is 6.42 Å². The molecule has 0 heterocycles. The summed E-state index contributed by atoms with van der Waals surface area (Å²) in [5, 5.41) is 29.4. The topological polar surface area (TPSA) is 89.8 Å². The molecule has 2 unspecified atom stereocenters. The van der Waals surface area contributed by atoms with Gasteiger partial charge >= 0.3 is 5.97 Å². The fourth-order valence-corrected chi connectivity index (χ4v) is 0.948. The number of carboxylic acid groups (broad SMARTS) is 1. The molecule has 0 aromatic rings. The van der Waals surface area contributed by atoms with Crippen molar-refractivity contribution in [2.45, 2.75) is 38.3 Å². The Balaban J connectivity index is 3.75. The van der Waals surface area contributed by atoms with E-state index < -0.39 is 11.6 Å². The third kappa shape index (κ3) is 5.16. The van der Waals surface area contributed by atoms with Crippen LogP contribution in [-0.4, -0.2) is 46.1 Å². The van der Waals surface area contributed by atoms with Crippen molar-refractivity contribution in [3.05, 3.63) is 0 Å². The molecule has 0 spiro atoms. The van der Waals surface area contributed by atoms with Crippen LogP contribution in [0.15, 0.2) is 0 Å². The first kappa shape index (κ1) is 13.4. The van der Waals surface area contributed by atoms with Gasteiger partial charge in [-0.1, -0.05) is 0 Å². The molecule has 2 atom stereocenters. The highest BCUT2D eigenvalue weighted by atomic mass is 16.4. The van der Waals surface area contributed by atoms with E-state index in [9.17, 15) is 9.90 Å². The molecular formula is C9H19NO4. The molecule has 5 nitrogen and oxygen atoms in total. The zero-order chi connectivity index (χ0) is 11.2. The summed E-state index contributed by atoms with van der Waals surface area (Å²) in [4.78, 5) is 10.5. The summed E-state index contributed by atoms with van der Waals surface area (Å²) in [5.74, 6) is -1.24. The SMILES string of the molecule is CC(CCCO)NCC(C)(O)C(=O)O. The lowest BCUT2D eigenvalue weighted by Gasteiger charge is -2.21. The zero-order valence-electron chi connectivity index (χ0n) is 8.66. The van der Waals surface area contributed by atoms with Crippen LogP contribution in [0.25, 0.3) is 0 Å². The monoisotopic (exact) mass is 205 g/mol.